The molecule has 3 heterocycles. The van der Waals surface area contributed by atoms with Gasteiger partial charge in [-0.3, -0.25) is 9.59 Å². The van der Waals surface area contributed by atoms with Gasteiger partial charge in [0.05, 0.1) is 22.3 Å². The lowest BCUT2D eigenvalue weighted by molar-refractivity contribution is 0.102. The number of nitrogens with one attached hydrogen (secondary N) is 1. The number of carbonyl (C=O) groups excluding carboxylic acids is 1. The van der Waals surface area contributed by atoms with Crippen LogP contribution in [0.3, 0.4) is 0 Å². The zero-order valence-electron chi connectivity index (χ0n) is 19.0. The predicted octanol–water partition coefficient (Wildman–Crippen LogP) is 5.59. The minimum Gasteiger partial charge on any atom is -0.306 e. The first-order valence-corrected chi connectivity index (χ1v) is 11.6. The highest BCUT2D eigenvalue weighted by Gasteiger charge is 2.20. The molecule has 5 aromatic rings. The Kier molecular flexibility index (Phi) is 5.55. The van der Waals surface area contributed by atoms with Gasteiger partial charge in [0.1, 0.15) is 10.6 Å². The summed E-state index contributed by atoms with van der Waals surface area (Å²) < 4.78 is 1.42. The van der Waals surface area contributed by atoms with Crippen LogP contribution in [0.5, 0.6) is 0 Å². The van der Waals surface area contributed by atoms with Crippen molar-refractivity contribution < 1.29 is 4.79 Å². The van der Waals surface area contributed by atoms with E-state index in [2.05, 4.69) is 34.6 Å². The van der Waals surface area contributed by atoms with Crippen molar-refractivity contribution in [3.05, 3.63) is 99.4 Å². The van der Waals surface area contributed by atoms with Gasteiger partial charge in [0.15, 0.2) is 0 Å². The van der Waals surface area contributed by atoms with Crippen LogP contribution in [0.15, 0.2) is 77.9 Å². The number of hydrogen-bond donors (Lipinski definition) is 1. The Balaban J connectivity index is 1.57. The van der Waals surface area contributed by atoms with Gasteiger partial charge >= 0.3 is 0 Å². The Morgan fingerprint density at radius 3 is 2.41 bits per heavy atom. The van der Waals surface area contributed by atoms with Crippen LogP contribution >= 0.6 is 11.3 Å². The predicted molar refractivity (Wildman–Crippen MR) is 137 cm³/mol. The molecule has 6 nitrogen and oxygen atoms in total. The maximum atomic E-state index is 13.3. The molecular formula is C27H22N4O2S. The van der Waals surface area contributed by atoms with E-state index in [1.54, 1.807) is 14.0 Å². The number of hydrogen-bond acceptors (Lipinski definition) is 5. The highest BCUT2D eigenvalue weighted by molar-refractivity contribution is 7.20. The molecule has 0 unspecified atom stereocenters. The van der Waals surface area contributed by atoms with Crippen molar-refractivity contribution in [1.82, 2.24) is 14.5 Å². The summed E-state index contributed by atoms with van der Waals surface area (Å²) in [5.41, 5.74) is 5.34. The number of benzene rings is 2. The zero-order valence-corrected chi connectivity index (χ0v) is 19.8. The van der Waals surface area contributed by atoms with Gasteiger partial charge in [-0.15, -0.1) is 11.3 Å². The number of aromatic nitrogens is 3. The van der Waals surface area contributed by atoms with Crippen LogP contribution in [0.4, 0.5) is 5.82 Å². The van der Waals surface area contributed by atoms with Crippen LogP contribution in [0.1, 0.15) is 20.8 Å². The third kappa shape index (κ3) is 4.02. The molecule has 0 saturated carbocycles. The first-order valence-electron chi connectivity index (χ1n) is 10.8. The second-order valence-electron chi connectivity index (χ2n) is 8.21. The van der Waals surface area contributed by atoms with Gasteiger partial charge in [0, 0.05) is 12.6 Å². The third-order valence-electron chi connectivity index (χ3n) is 5.74. The summed E-state index contributed by atoms with van der Waals surface area (Å²) in [6.45, 7) is 3.83. The third-order valence-corrected chi connectivity index (χ3v) is 6.94. The quantitative estimate of drug-likeness (QED) is 0.374. The molecule has 0 atom stereocenters. The van der Waals surface area contributed by atoms with E-state index in [4.69, 9.17) is 4.98 Å². The standard InChI is InChI=1S/C27H22N4O2S/c1-16-9-11-18(12-10-16)20-13-21(19-7-5-4-6-8-19)29-22(14-20)30-25(32)24-17(2)23-26(34-24)28-15-31(3)27(23)33/h4-15H,1-3H3,(H,29,30,32). The van der Waals surface area contributed by atoms with E-state index >= 15 is 0 Å². The summed E-state index contributed by atoms with van der Waals surface area (Å²) in [4.78, 5) is 35.9. The van der Waals surface area contributed by atoms with Crippen LogP contribution in [0.25, 0.3) is 32.6 Å². The monoisotopic (exact) mass is 466 g/mol. The van der Waals surface area contributed by atoms with E-state index in [1.807, 2.05) is 49.4 Å². The number of thiophene rings is 1. The Bertz CT molecular complexity index is 1590. The number of fused-ring (bicyclic) bond motifs is 1. The number of aryl methyl sites for hydroxylation is 3. The van der Waals surface area contributed by atoms with E-state index < -0.39 is 0 Å². The lowest BCUT2D eigenvalue weighted by Crippen LogP contribution is -2.17. The maximum Gasteiger partial charge on any atom is 0.267 e. The Labute approximate surface area is 200 Å². The number of amides is 1. The second kappa shape index (κ2) is 8.68. The summed E-state index contributed by atoms with van der Waals surface area (Å²) in [6.07, 6.45) is 1.47. The van der Waals surface area contributed by atoms with Crippen LogP contribution in [-0.4, -0.2) is 20.4 Å². The van der Waals surface area contributed by atoms with Gasteiger partial charge in [-0.05, 0) is 42.7 Å². The first kappa shape index (κ1) is 21.7. The van der Waals surface area contributed by atoms with Crippen molar-refractivity contribution in [3.8, 4) is 22.4 Å². The van der Waals surface area contributed by atoms with E-state index in [1.165, 1.54) is 27.8 Å². The summed E-state index contributed by atoms with van der Waals surface area (Å²) in [6, 6.07) is 22.0. The minimum atomic E-state index is -0.310. The van der Waals surface area contributed by atoms with Gasteiger partial charge < -0.3 is 9.88 Å². The Hall–Kier alpha value is -4.10. The fourth-order valence-corrected chi connectivity index (χ4v) is 4.90. The molecule has 0 spiro atoms. The lowest BCUT2D eigenvalue weighted by atomic mass is 10.0. The van der Waals surface area contributed by atoms with Crippen LogP contribution in [0, 0.1) is 13.8 Å². The van der Waals surface area contributed by atoms with E-state index in [0.29, 0.717) is 26.5 Å². The van der Waals surface area contributed by atoms with Crippen LogP contribution in [0.2, 0.25) is 0 Å². The molecule has 0 fully saturated rings. The van der Waals surface area contributed by atoms with Gasteiger partial charge in [-0.2, -0.15) is 0 Å². The van der Waals surface area contributed by atoms with Crippen LogP contribution < -0.4 is 10.9 Å². The first-order chi connectivity index (χ1) is 16.4. The number of carbonyl (C=O) groups is 1. The zero-order chi connectivity index (χ0) is 23.8. The molecule has 168 valence electrons. The van der Waals surface area contributed by atoms with Gasteiger partial charge in [-0.25, -0.2) is 9.97 Å². The van der Waals surface area contributed by atoms with Crippen LogP contribution in [-0.2, 0) is 7.05 Å². The molecule has 0 radical (unpaired) electrons. The normalized spacial score (nSPS) is 11.0. The molecule has 0 saturated heterocycles. The Morgan fingerprint density at radius 2 is 1.68 bits per heavy atom. The topological polar surface area (TPSA) is 76.9 Å². The SMILES string of the molecule is Cc1ccc(-c2cc(NC(=O)c3sc4ncn(C)c(=O)c4c3C)nc(-c3ccccc3)c2)cc1. The molecule has 3 aromatic heterocycles. The molecule has 2 aromatic carbocycles. The van der Waals surface area contributed by atoms with Crippen molar-refractivity contribution in [2.24, 2.45) is 7.05 Å². The molecule has 34 heavy (non-hydrogen) atoms. The number of nitrogens with zero attached hydrogens (tertiary/aromatic N) is 3. The van der Waals surface area contributed by atoms with Crippen molar-refractivity contribution >= 4 is 33.3 Å². The molecular weight excluding hydrogens is 444 g/mol. The average Bonchev–Trinajstić information content (AvgIpc) is 3.19. The Morgan fingerprint density at radius 1 is 0.941 bits per heavy atom. The van der Waals surface area contributed by atoms with E-state index in [0.717, 1.165) is 22.4 Å². The smallest absolute Gasteiger partial charge is 0.267 e. The molecule has 5 rings (SSSR count). The second-order valence-corrected chi connectivity index (χ2v) is 9.21. The minimum absolute atomic E-state index is 0.163. The highest BCUT2D eigenvalue weighted by atomic mass is 32.1. The molecule has 0 aliphatic carbocycles. The summed E-state index contributed by atoms with van der Waals surface area (Å²) in [5, 5.41) is 3.43. The fraction of sp³-hybridized carbons (Fsp3) is 0.111. The van der Waals surface area contributed by atoms with E-state index in [9.17, 15) is 9.59 Å². The van der Waals surface area contributed by atoms with Gasteiger partial charge in [-0.1, -0.05) is 60.2 Å². The molecule has 1 amide bonds. The van der Waals surface area contributed by atoms with Crippen molar-refractivity contribution in [2.75, 3.05) is 5.32 Å². The number of anilines is 1. The molecule has 0 aliphatic heterocycles. The van der Waals surface area contributed by atoms with Gasteiger partial charge in [0.25, 0.3) is 11.5 Å². The molecule has 0 bridgehead atoms. The largest absolute Gasteiger partial charge is 0.306 e. The van der Waals surface area contributed by atoms with Crippen molar-refractivity contribution in [3.63, 3.8) is 0 Å². The maximum absolute atomic E-state index is 13.3. The summed E-state index contributed by atoms with van der Waals surface area (Å²) >= 11 is 1.21. The average molecular weight is 467 g/mol. The number of pyridine rings is 1. The molecule has 7 heteroatoms. The number of rotatable bonds is 4. The van der Waals surface area contributed by atoms with Crippen molar-refractivity contribution in [2.45, 2.75) is 13.8 Å². The molecule has 0 aliphatic rings. The fourth-order valence-electron chi connectivity index (χ4n) is 3.86. The summed E-state index contributed by atoms with van der Waals surface area (Å²) in [5.74, 6) is 0.134. The van der Waals surface area contributed by atoms with Crippen molar-refractivity contribution in [1.29, 1.82) is 0 Å². The van der Waals surface area contributed by atoms with Gasteiger partial charge in [0.2, 0.25) is 0 Å². The summed E-state index contributed by atoms with van der Waals surface area (Å²) in [7, 11) is 1.65. The highest BCUT2D eigenvalue weighted by Crippen LogP contribution is 2.30. The lowest BCUT2D eigenvalue weighted by Gasteiger charge is -2.11. The molecule has 1 N–H and O–H groups in total. The van der Waals surface area contributed by atoms with E-state index in [-0.39, 0.29) is 11.5 Å².